The van der Waals surface area contributed by atoms with Crippen LogP contribution >= 0.6 is 0 Å². The number of hydrogen-bond donors (Lipinski definition) is 2. The number of imidazole rings is 1. The Labute approximate surface area is 206 Å². The minimum absolute atomic E-state index is 0.210. The van der Waals surface area contributed by atoms with Gasteiger partial charge in [-0.2, -0.15) is 15.5 Å². The highest BCUT2D eigenvalue weighted by atomic mass is 16.6. The maximum atomic E-state index is 10.1. The second-order valence-electron chi connectivity index (χ2n) is 8.24. The monoisotopic (exact) mass is 481 g/mol. The summed E-state index contributed by atoms with van der Waals surface area (Å²) in [7, 11) is 1.44. The molecule has 36 heavy (non-hydrogen) atoms. The molecule has 0 radical (unpaired) electrons. The maximum absolute atomic E-state index is 10.1. The van der Waals surface area contributed by atoms with Crippen LogP contribution in [0, 0.1) is 25.2 Å². The van der Waals surface area contributed by atoms with Crippen LogP contribution < -0.4 is 5.32 Å². The van der Waals surface area contributed by atoms with Crippen molar-refractivity contribution in [1.82, 2.24) is 34.5 Å². The summed E-state index contributed by atoms with van der Waals surface area (Å²) in [6, 6.07) is 17.0. The van der Waals surface area contributed by atoms with Crippen molar-refractivity contribution in [3.63, 3.8) is 0 Å². The molecule has 11 nitrogen and oxygen atoms in total. The fourth-order valence-corrected chi connectivity index (χ4v) is 3.85. The van der Waals surface area contributed by atoms with E-state index >= 15 is 0 Å². The Balaban J connectivity index is 1.54. The lowest BCUT2D eigenvalue weighted by molar-refractivity contribution is -0.0721. The molecule has 1 atom stereocenters. The first-order valence-electron chi connectivity index (χ1n) is 11.2. The van der Waals surface area contributed by atoms with E-state index in [9.17, 15) is 10.4 Å². The molecular weight excluding hydrogens is 458 g/mol. The largest absolute Gasteiger partial charge is 0.368 e. The molecule has 0 aliphatic heterocycles. The van der Waals surface area contributed by atoms with Gasteiger partial charge < -0.3 is 15.2 Å². The first-order chi connectivity index (χ1) is 17.4. The quantitative estimate of drug-likeness (QED) is 0.336. The summed E-state index contributed by atoms with van der Waals surface area (Å²) < 4.78 is 8.51. The molecular formula is C25H23N9O2. The van der Waals surface area contributed by atoms with Gasteiger partial charge in [-0.1, -0.05) is 6.07 Å². The number of aromatic nitrogens is 7. The lowest BCUT2D eigenvalue weighted by atomic mass is 10.1. The third kappa shape index (κ3) is 4.50. The van der Waals surface area contributed by atoms with Crippen molar-refractivity contribution in [3.05, 3.63) is 77.5 Å². The van der Waals surface area contributed by atoms with Gasteiger partial charge >= 0.3 is 0 Å². The van der Waals surface area contributed by atoms with Gasteiger partial charge in [-0.25, -0.2) is 14.6 Å². The summed E-state index contributed by atoms with van der Waals surface area (Å²) in [5, 5.41) is 35.2. The van der Waals surface area contributed by atoms with Crippen molar-refractivity contribution in [1.29, 1.82) is 5.26 Å². The zero-order valence-corrected chi connectivity index (χ0v) is 19.9. The molecule has 4 aromatic heterocycles. The second kappa shape index (κ2) is 9.53. The number of anilines is 2. The number of nitriles is 1. The smallest absolute Gasteiger partial charge is 0.163 e. The molecule has 2 N–H and O–H groups in total. The van der Waals surface area contributed by atoms with Gasteiger partial charge in [-0.15, -0.1) is 5.10 Å². The molecule has 0 aliphatic carbocycles. The molecule has 5 rings (SSSR count). The molecule has 11 heteroatoms. The molecule has 1 aromatic carbocycles. The van der Waals surface area contributed by atoms with Crippen molar-refractivity contribution in [2.45, 2.75) is 26.6 Å². The molecule has 0 saturated carbocycles. The van der Waals surface area contributed by atoms with Crippen LogP contribution in [-0.2, 0) is 11.2 Å². The second-order valence-corrected chi connectivity index (χ2v) is 8.24. The van der Waals surface area contributed by atoms with Crippen molar-refractivity contribution in [2.75, 3.05) is 12.4 Å². The lowest BCUT2D eigenvalue weighted by Crippen LogP contribution is -2.16. The third-order valence-corrected chi connectivity index (χ3v) is 5.67. The zero-order valence-electron chi connectivity index (χ0n) is 19.9. The molecule has 0 saturated heterocycles. The summed E-state index contributed by atoms with van der Waals surface area (Å²) in [5.74, 6) is 1.76. The van der Waals surface area contributed by atoms with E-state index in [4.69, 9.17) is 9.72 Å². The Morgan fingerprint density at radius 3 is 2.69 bits per heavy atom. The van der Waals surface area contributed by atoms with Gasteiger partial charge in [-0.05, 0) is 56.3 Å². The average Bonchev–Trinajstić information content (AvgIpc) is 3.48. The number of nitrogens with zero attached hydrogens (tertiary/aromatic N) is 8. The minimum atomic E-state index is -0.999. The summed E-state index contributed by atoms with van der Waals surface area (Å²) in [5.41, 5.74) is 5.05. The number of ether oxygens (including phenoxy) is 1. The molecule has 4 heterocycles. The first kappa shape index (κ1) is 23.1. The van der Waals surface area contributed by atoms with Crippen LogP contribution in [0.3, 0.4) is 0 Å². The van der Waals surface area contributed by atoms with Gasteiger partial charge in [0, 0.05) is 30.5 Å². The Hall–Kier alpha value is -4.66. The number of hydrogen-bond acceptors (Lipinski definition) is 9. The molecule has 0 amide bonds. The van der Waals surface area contributed by atoms with Crippen LogP contribution in [0.4, 0.5) is 11.5 Å². The number of methoxy groups -OCH3 is 1. The molecule has 180 valence electrons. The highest BCUT2D eigenvalue weighted by Gasteiger charge is 2.17. The number of benzene rings is 1. The average molecular weight is 482 g/mol. The van der Waals surface area contributed by atoms with E-state index in [1.54, 1.807) is 17.1 Å². The van der Waals surface area contributed by atoms with Crippen LogP contribution in [0.2, 0.25) is 0 Å². The number of nitrogens with one attached hydrogen (secondary N) is 1. The van der Waals surface area contributed by atoms with E-state index in [-0.39, 0.29) is 12.1 Å². The van der Waals surface area contributed by atoms with E-state index in [1.165, 1.54) is 7.11 Å². The van der Waals surface area contributed by atoms with Gasteiger partial charge in [0.1, 0.15) is 18.2 Å². The van der Waals surface area contributed by atoms with Gasteiger partial charge in [0.2, 0.25) is 0 Å². The summed E-state index contributed by atoms with van der Waals surface area (Å²) in [4.78, 5) is 9.40. The first-order valence-corrected chi connectivity index (χ1v) is 11.2. The van der Waals surface area contributed by atoms with Crippen molar-refractivity contribution in [2.24, 2.45) is 0 Å². The topological polar surface area (TPSA) is 140 Å². The zero-order chi connectivity index (χ0) is 25.2. The van der Waals surface area contributed by atoms with Crippen LogP contribution in [0.1, 0.15) is 22.6 Å². The molecule has 0 unspecified atom stereocenters. The number of aliphatic hydroxyl groups excluding tert-OH is 1. The van der Waals surface area contributed by atoms with Crippen LogP contribution in [0.5, 0.6) is 0 Å². The highest BCUT2D eigenvalue weighted by Crippen LogP contribution is 2.25. The van der Waals surface area contributed by atoms with Crippen molar-refractivity contribution < 1.29 is 9.84 Å². The van der Waals surface area contributed by atoms with Gasteiger partial charge in [0.05, 0.1) is 16.7 Å². The highest BCUT2D eigenvalue weighted by molar-refractivity contribution is 5.82. The number of aliphatic hydroxyl groups is 1. The van der Waals surface area contributed by atoms with Gasteiger partial charge in [-0.3, -0.25) is 4.57 Å². The summed E-state index contributed by atoms with van der Waals surface area (Å²) >= 11 is 0. The summed E-state index contributed by atoms with van der Waals surface area (Å²) in [6.45, 7) is 3.73. The maximum Gasteiger partial charge on any atom is 0.163 e. The van der Waals surface area contributed by atoms with Gasteiger partial charge in [0.15, 0.2) is 23.6 Å². The van der Waals surface area contributed by atoms with E-state index in [1.807, 2.05) is 60.9 Å². The predicted octanol–water partition coefficient (Wildman–Crippen LogP) is 3.14. The molecule has 0 bridgehead atoms. The Morgan fingerprint density at radius 1 is 1.11 bits per heavy atom. The van der Waals surface area contributed by atoms with Crippen molar-refractivity contribution in [3.8, 4) is 17.7 Å². The fraction of sp³-hybridized carbons (Fsp3) is 0.200. The number of aryl methyl sites for hydroxylation is 2. The molecule has 0 fully saturated rings. The lowest BCUT2D eigenvalue weighted by Gasteiger charge is -2.15. The number of pyridine rings is 1. The number of fused-ring (bicyclic) bond motifs is 1. The van der Waals surface area contributed by atoms with Crippen LogP contribution in [-0.4, -0.2) is 53.0 Å². The fourth-order valence-electron chi connectivity index (χ4n) is 3.85. The Bertz CT molecular complexity index is 1580. The van der Waals surface area contributed by atoms with E-state index in [0.717, 1.165) is 33.7 Å². The Morgan fingerprint density at radius 2 is 1.97 bits per heavy atom. The van der Waals surface area contributed by atoms with Crippen LogP contribution in [0.15, 0.2) is 54.9 Å². The molecule has 5 aromatic rings. The molecule has 0 spiro atoms. The summed E-state index contributed by atoms with van der Waals surface area (Å²) in [6.07, 6.45) is 0.912. The Kier molecular flexibility index (Phi) is 6.12. The molecule has 0 aliphatic rings. The SMILES string of the molecule is CO[C@H](O)Cc1ccc(-n2cnc3cc(Nc4ccc(C)nn4)ccc32)nc1-n1nc(C#N)cc1C. The predicted molar refractivity (Wildman–Crippen MR) is 132 cm³/mol. The van der Waals surface area contributed by atoms with E-state index in [0.29, 0.717) is 17.5 Å². The normalized spacial score (nSPS) is 12.0. The van der Waals surface area contributed by atoms with Crippen molar-refractivity contribution >= 4 is 22.5 Å². The van der Waals surface area contributed by atoms with Crippen LogP contribution in [0.25, 0.3) is 22.7 Å². The third-order valence-electron chi connectivity index (χ3n) is 5.67. The standard InChI is InChI=1S/C25H23N9O2/c1-15-4-8-22(31-30-15)28-18-6-7-21-20(12-18)27-14-33(21)23-9-5-17(11-24(35)36-3)25(29-23)34-16(2)10-19(13-26)32-34/h4-10,12,14,24,35H,11H2,1-3H3,(H,28,31)/t24-/m0/s1. The van der Waals surface area contributed by atoms with E-state index < -0.39 is 6.29 Å². The van der Waals surface area contributed by atoms with E-state index in [2.05, 4.69) is 31.7 Å². The van der Waals surface area contributed by atoms with Gasteiger partial charge in [0.25, 0.3) is 0 Å². The minimum Gasteiger partial charge on any atom is -0.368 e. The number of rotatable bonds is 7.